The number of aromatic hydroxyl groups is 1. The quantitative estimate of drug-likeness (QED) is 0.443. The van der Waals surface area contributed by atoms with E-state index in [1.54, 1.807) is 30.3 Å². The Hall–Kier alpha value is -3.23. The van der Waals surface area contributed by atoms with Crippen LogP contribution in [0.15, 0.2) is 59.7 Å². The molecule has 1 saturated carbocycles. The van der Waals surface area contributed by atoms with Crippen LogP contribution in [0.4, 0.5) is 4.39 Å². The summed E-state index contributed by atoms with van der Waals surface area (Å²) < 4.78 is 15.4. The number of phenolic OH excluding ortho intramolecular Hbond substituents is 1. The summed E-state index contributed by atoms with van der Waals surface area (Å²) in [5, 5.41) is 9.42. The molecule has 1 fully saturated rings. The number of rotatable bonds is 3. The molecule has 2 heteroatoms. The molecular formula is C28H27FO. The average molecular weight is 399 g/mol. The van der Waals surface area contributed by atoms with Crippen molar-refractivity contribution in [2.45, 2.75) is 52.4 Å². The van der Waals surface area contributed by atoms with Crippen molar-refractivity contribution >= 4 is 0 Å². The van der Waals surface area contributed by atoms with Crippen LogP contribution in [0.3, 0.4) is 0 Å². The second kappa shape index (κ2) is 10.00. The Bertz CT molecular complexity index is 1090. The fourth-order valence-electron chi connectivity index (χ4n) is 3.24. The first-order chi connectivity index (χ1) is 14.5. The first-order valence-electron chi connectivity index (χ1n) is 10.5. The number of benzene rings is 2. The Morgan fingerprint density at radius 1 is 1.00 bits per heavy atom. The zero-order valence-electron chi connectivity index (χ0n) is 17.8. The summed E-state index contributed by atoms with van der Waals surface area (Å²) >= 11 is 0. The van der Waals surface area contributed by atoms with Gasteiger partial charge in [0.05, 0.1) is 5.56 Å². The van der Waals surface area contributed by atoms with Crippen LogP contribution in [0.25, 0.3) is 0 Å². The van der Waals surface area contributed by atoms with Crippen LogP contribution < -0.4 is 0 Å². The fourth-order valence-corrected chi connectivity index (χ4v) is 3.24. The van der Waals surface area contributed by atoms with Crippen LogP contribution in [0.2, 0.25) is 0 Å². The maximum atomic E-state index is 15.4. The zero-order valence-corrected chi connectivity index (χ0v) is 17.8. The van der Waals surface area contributed by atoms with Crippen molar-refractivity contribution in [2.24, 2.45) is 0 Å². The fraction of sp³-hybridized carbons (Fsp3) is 0.286. The lowest BCUT2D eigenvalue weighted by atomic mass is 9.77. The zero-order chi connectivity index (χ0) is 21.5. The van der Waals surface area contributed by atoms with Crippen molar-refractivity contribution in [3.05, 3.63) is 87.8 Å². The molecule has 1 nitrogen and oxygen atoms in total. The summed E-state index contributed by atoms with van der Waals surface area (Å²) in [5.74, 6) is 12.6. The van der Waals surface area contributed by atoms with Crippen LogP contribution in [-0.4, -0.2) is 5.11 Å². The molecule has 0 saturated heterocycles. The standard InChI is InChI=1S/C28H27FO/c1-4-21(9-8-20(2)3)10-15-25-17-16-24(27(28(25)29)23-6-5-7-23)14-11-22-12-18-26(30)19-13-22/h8-9,12-13,16-19,23,30H,4-7H2,1-3H3/b21-9+. The van der Waals surface area contributed by atoms with E-state index in [0.717, 1.165) is 42.4 Å². The first-order valence-corrected chi connectivity index (χ1v) is 10.5. The summed E-state index contributed by atoms with van der Waals surface area (Å²) in [6, 6.07) is 10.3. The minimum Gasteiger partial charge on any atom is -0.508 e. The molecule has 0 unspecified atom stereocenters. The van der Waals surface area contributed by atoms with Gasteiger partial charge in [0, 0.05) is 22.3 Å². The van der Waals surface area contributed by atoms with Gasteiger partial charge in [-0.15, -0.1) is 0 Å². The maximum Gasteiger partial charge on any atom is 0.143 e. The van der Waals surface area contributed by atoms with Gasteiger partial charge in [0.2, 0.25) is 0 Å². The highest BCUT2D eigenvalue weighted by molar-refractivity contribution is 5.54. The molecule has 1 aliphatic rings. The predicted octanol–water partition coefficient (Wildman–Crippen LogP) is 6.85. The number of halogens is 1. The molecule has 0 aliphatic heterocycles. The Morgan fingerprint density at radius 2 is 1.70 bits per heavy atom. The first kappa shape index (κ1) is 21.5. The Labute approximate surface area is 179 Å². The molecule has 0 spiro atoms. The summed E-state index contributed by atoms with van der Waals surface area (Å²) in [6.45, 7) is 6.14. The van der Waals surface area contributed by atoms with E-state index in [0.29, 0.717) is 11.1 Å². The molecule has 30 heavy (non-hydrogen) atoms. The number of hydrogen-bond donors (Lipinski definition) is 1. The lowest BCUT2D eigenvalue weighted by molar-refractivity contribution is 0.403. The molecule has 0 bridgehead atoms. The summed E-state index contributed by atoms with van der Waals surface area (Å²) in [5.41, 5.74) is 4.84. The van der Waals surface area contributed by atoms with Crippen LogP contribution in [0, 0.1) is 29.5 Å². The van der Waals surface area contributed by atoms with Gasteiger partial charge in [-0.3, -0.25) is 0 Å². The third-order valence-corrected chi connectivity index (χ3v) is 5.26. The predicted molar refractivity (Wildman–Crippen MR) is 122 cm³/mol. The van der Waals surface area contributed by atoms with Crippen molar-refractivity contribution in [1.82, 2.24) is 0 Å². The van der Waals surface area contributed by atoms with E-state index in [9.17, 15) is 5.11 Å². The van der Waals surface area contributed by atoms with Crippen LogP contribution in [-0.2, 0) is 0 Å². The minimum absolute atomic E-state index is 0.203. The maximum absolute atomic E-state index is 15.4. The van der Waals surface area contributed by atoms with Crippen molar-refractivity contribution in [1.29, 1.82) is 0 Å². The third kappa shape index (κ3) is 5.43. The van der Waals surface area contributed by atoms with Gasteiger partial charge < -0.3 is 5.11 Å². The van der Waals surface area contributed by atoms with E-state index in [1.807, 2.05) is 32.1 Å². The second-order valence-electron chi connectivity index (χ2n) is 7.85. The third-order valence-electron chi connectivity index (χ3n) is 5.26. The van der Waals surface area contributed by atoms with E-state index in [-0.39, 0.29) is 17.5 Å². The van der Waals surface area contributed by atoms with Gasteiger partial charge in [0.25, 0.3) is 0 Å². The highest BCUT2D eigenvalue weighted by Gasteiger charge is 2.26. The van der Waals surface area contributed by atoms with Crippen molar-refractivity contribution in [3.8, 4) is 29.4 Å². The second-order valence-corrected chi connectivity index (χ2v) is 7.85. The van der Waals surface area contributed by atoms with Crippen molar-refractivity contribution < 1.29 is 9.50 Å². The molecule has 152 valence electrons. The summed E-state index contributed by atoms with van der Waals surface area (Å²) in [7, 11) is 0. The SMILES string of the molecule is CC/C(C#Cc1ccc(C#Cc2ccc(O)cc2)c(C2CCC2)c1F)=C\C=C(C)C. The van der Waals surface area contributed by atoms with Gasteiger partial charge in [0.1, 0.15) is 11.6 Å². The molecule has 3 rings (SSSR count). The Kier molecular flexibility index (Phi) is 7.16. The number of hydrogen-bond acceptors (Lipinski definition) is 1. The molecule has 0 atom stereocenters. The lowest BCUT2D eigenvalue weighted by Gasteiger charge is -2.27. The highest BCUT2D eigenvalue weighted by Crippen LogP contribution is 2.40. The van der Waals surface area contributed by atoms with Gasteiger partial charge in [-0.05, 0) is 75.4 Å². The van der Waals surface area contributed by atoms with Crippen LogP contribution >= 0.6 is 0 Å². The monoisotopic (exact) mass is 398 g/mol. The molecule has 0 aromatic heterocycles. The smallest absolute Gasteiger partial charge is 0.143 e. The van der Waals surface area contributed by atoms with Crippen molar-refractivity contribution in [3.63, 3.8) is 0 Å². The molecule has 1 N–H and O–H groups in total. The van der Waals surface area contributed by atoms with E-state index in [4.69, 9.17) is 0 Å². The Morgan fingerprint density at radius 3 is 2.30 bits per heavy atom. The van der Waals surface area contributed by atoms with Crippen LogP contribution in [0.5, 0.6) is 5.75 Å². The van der Waals surface area contributed by atoms with E-state index < -0.39 is 0 Å². The molecule has 1 aliphatic carbocycles. The largest absolute Gasteiger partial charge is 0.508 e. The van der Waals surface area contributed by atoms with E-state index in [2.05, 4.69) is 30.6 Å². The van der Waals surface area contributed by atoms with Crippen molar-refractivity contribution in [2.75, 3.05) is 0 Å². The molecule has 2 aromatic rings. The van der Waals surface area contributed by atoms with Gasteiger partial charge in [-0.1, -0.05) is 54.8 Å². The van der Waals surface area contributed by atoms with Gasteiger partial charge in [0.15, 0.2) is 0 Å². The highest BCUT2D eigenvalue weighted by atomic mass is 19.1. The topological polar surface area (TPSA) is 20.2 Å². The molecule has 2 aromatic carbocycles. The minimum atomic E-state index is -0.234. The van der Waals surface area contributed by atoms with Gasteiger partial charge in [-0.25, -0.2) is 4.39 Å². The van der Waals surface area contributed by atoms with E-state index >= 15 is 4.39 Å². The molecule has 0 radical (unpaired) electrons. The number of allylic oxidation sites excluding steroid dienone is 4. The van der Waals surface area contributed by atoms with Gasteiger partial charge in [-0.2, -0.15) is 0 Å². The normalized spacial score (nSPS) is 13.4. The summed E-state index contributed by atoms with van der Waals surface area (Å²) in [4.78, 5) is 0. The Balaban J connectivity index is 1.97. The molecular weight excluding hydrogens is 371 g/mol. The van der Waals surface area contributed by atoms with Gasteiger partial charge >= 0.3 is 0 Å². The summed E-state index contributed by atoms with van der Waals surface area (Å²) in [6.07, 6.45) is 7.95. The molecule has 0 heterocycles. The number of phenols is 1. The lowest BCUT2D eigenvalue weighted by Crippen LogP contribution is -2.13. The van der Waals surface area contributed by atoms with E-state index in [1.165, 1.54) is 5.57 Å². The molecule has 0 amide bonds. The average Bonchev–Trinajstić information content (AvgIpc) is 2.69. The van der Waals surface area contributed by atoms with Crippen LogP contribution in [0.1, 0.15) is 74.6 Å².